The molecule has 1 aliphatic carbocycles. The Bertz CT molecular complexity index is 336. The highest BCUT2D eigenvalue weighted by Crippen LogP contribution is 2.50. The van der Waals surface area contributed by atoms with Gasteiger partial charge in [0.05, 0.1) is 12.7 Å². The van der Waals surface area contributed by atoms with Gasteiger partial charge in [-0.1, -0.05) is 27.7 Å². The molecule has 0 saturated heterocycles. The molecule has 0 bridgehead atoms. The first-order chi connectivity index (χ1) is 8.21. The number of esters is 1. The lowest BCUT2D eigenvalue weighted by Gasteiger charge is -2.45. The first kappa shape index (κ1) is 15.0. The third-order valence-corrected chi connectivity index (χ3v) is 3.74. The Morgan fingerprint density at radius 1 is 1.33 bits per heavy atom. The van der Waals surface area contributed by atoms with Gasteiger partial charge in [0.15, 0.2) is 0 Å². The van der Waals surface area contributed by atoms with Crippen molar-refractivity contribution in [3.05, 3.63) is 0 Å². The zero-order chi connectivity index (χ0) is 14.0. The molecule has 3 nitrogen and oxygen atoms in total. The summed E-state index contributed by atoms with van der Waals surface area (Å²) in [5, 5.41) is 9.26. The van der Waals surface area contributed by atoms with Crippen molar-refractivity contribution in [2.45, 2.75) is 53.9 Å². The Hall–Kier alpha value is -1.04. The Labute approximate surface area is 111 Å². The summed E-state index contributed by atoms with van der Waals surface area (Å²) in [6.45, 7) is 11.0. The van der Waals surface area contributed by atoms with Gasteiger partial charge >= 0.3 is 5.97 Å². The lowest BCUT2D eigenvalue weighted by atomic mass is 9.59. The number of hydrogen-bond acceptors (Lipinski definition) is 3. The molecular formula is C15H25NO2. The summed E-state index contributed by atoms with van der Waals surface area (Å²) < 4.78 is 5.02. The molecule has 1 fully saturated rings. The Morgan fingerprint density at radius 2 is 1.83 bits per heavy atom. The number of carbonyl (C=O) groups excluding carboxylic acids is 1. The second-order valence-corrected chi connectivity index (χ2v) is 7.03. The number of carbonyl (C=O) groups is 1. The average Bonchev–Trinajstić information content (AvgIpc) is 2.13. The number of rotatable bonds is 3. The van der Waals surface area contributed by atoms with Crippen LogP contribution in [0.25, 0.3) is 0 Å². The minimum absolute atomic E-state index is 0.118. The van der Waals surface area contributed by atoms with E-state index in [4.69, 9.17) is 4.74 Å². The number of nitriles is 1. The largest absolute Gasteiger partial charge is 0.465 e. The van der Waals surface area contributed by atoms with E-state index in [0.717, 1.165) is 19.3 Å². The highest BCUT2D eigenvalue weighted by molar-refractivity contribution is 5.75. The molecule has 0 aliphatic heterocycles. The highest BCUT2D eigenvalue weighted by Gasteiger charge is 2.43. The minimum atomic E-state index is -0.608. The fourth-order valence-electron chi connectivity index (χ4n) is 3.75. The zero-order valence-corrected chi connectivity index (χ0v) is 12.2. The van der Waals surface area contributed by atoms with Gasteiger partial charge in [0, 0.05) is 0 Å². The standard InChI is InChI=1S/C15H25NO2/c1-6-18-13(17)12(9-16)11-7-14(2,3)10-15(4,5)8-11/h11-12H,6-8,10H2,1-5H3. The van der Waals surface area contributed by atoms with E-state index in [2.05, 4.69) is 33.8 Å². The maximum Gasteiger partial charge on any atom is 0.323 e. The molecule has 0 aromatic rings. The van der Waals surface area contributed by atoms with Crippen molar-refractivity contribution in [2.24, 2.45) is 22.7 Å². The topological polar surface area (TPSA) is 50.1 Å². The van der Waals surface area contributed by atoms with E-state index < -0.39 is 5.92 Å². The molecular weight excluding hydrogens is 226 g/mol. The molecule has 18 heavy (non-hydrogen) atoms. The molecule has 1 saturated carbocycles. The lowest BCUT2D eigenvalue weighted by molar-refractivity contribution is -0.149. The third kappa shape index (κ3) is 3.73. The van der Waals surface area contributed by atoms with Gasteiger partial charge < -0.3 is 4.74 Å². The Balaban J connectivity index is 2.87. The van der Waals surface area contributed by atoms with Crippen LogP contribution in [0.4, 0.5) is 0 Å². The van der Waals surface area contributed by atoms with Crippen LogP contribution in [0.1, 0.15) is 53.9 Å². The molecule has 102 valence electrons. The van der Waals surface area contributed by atoms with Crippen molar-refractivity contribution in [3.8, 4) is 6.07 Å². The molecule has 0 amide bonds. The van der Waals surface area contributed by atoms with Gasteiger partial charge in [-0.2, -0.15) is 5.26 Å². The van der Waals surface area contributed by atoms with Gasteiger partial charge in [-0.05, 0) is 42.9 Å². The van der Waals surface area contributed by atoms with Crippen molar-refractivity contribution in [1.82, 2.24) is 0 Å². The van der Waals surface area contributed by atoms with Crippen LogP contribution in [0.2, 0.25) is 0 Å². The van der Waals surface area contributed by atoms with Crippen LogP contribution in [-0.2, 0) is 9.53 Å². The van der Waals surface area contributed by atoms with Gasteiger partial charge in [-0.25, -0.2) is 0 Å². The van der Waals surface area contributed by atoms with Gasteiger partial charge in [0.25, 0.3) is 0 Å². The molecule has 3 heteroatoms. The molecule has 0 aromatic heterocycles. The van der Waals surface area contributed by atoms with Crippen LogP contribution < -0.4 is 0 Å². The van der Waals surface area contributed by atoms with Crippen LogP contribution in [-0.4, -0.2) is 12.6 Å². The van der Waals surface area contributed by atoms with Gasteiger partial charge in [0.1, 0.15) is 5.92 Å². The quantitative estimate of drug-likeness (QED) is 0.721. The van der Waals surface area contributed by atoms with E-state index in [1.807, 2.05) is 0 Å². The van der Waals surface area contributed by atoms with E-state index in [1.54, 1.807) is 6.92 Å². The second kappa shape index (κ2) is 5.30. The smallest absolute Gasteiger partial charge is 0.323 e. The first-order valence-corrected chi connectivity index (χ1v) is 6.77. The molecule has 0 spiro atoms. The summed E-state index contributed by atoms with van der Waals surface area (Å²) in [5.41, 5.74) is 0.377. The summed E-state index contributed by atoms with van der Waals surface area (Å²) in [6.07, 6.45) is 2.98. The molecule has 0 N–H and O–H groups in total. The number of ether oxygens (including phenoxy) is 1. The molecule has 0 heterocycles. The molecule has 1 atom stereocenters. The van der Waals surface area contributed by atoms with Gasteiger partial charge in [-0.3, -0.25) is 4.79 Å². The lowest BCUT2D eigenvalue weighted by Crippen LogP contribution is -2.39. The monoisotopic (exact) mass is 251 g/mol. The fourth-order valence-corrected chi connectivity index (χ4v) is 3.75. The SMILES string of the molecule is CCOC(=O)C(C#N)C1CC(C)(C)CC(C)(C)C1. The minimum Gasteiger partial charge on any atom is -0.465 e. The van der Waals surface area contributed by atoms with Crippen molar-refractivity contribution in [2.75, 3.05) is 6.61 Å². The van der Waals surface area contributed by atoms with Crippen molar-refractivity contribution < 1.29 is 9.53 Å². The zero-order valence-electron chi connectivity index (χ0n) is 12.2. The van der Waals surface area contributed by atoms with Gasteiger partial charge in [-0.15, -0.1) is 0 Å². The van der Waals surface area contributed by atoms with Crippen LogP contribution >= 0.6 is 0 Å². The molecule has 1 unspecified atom stereocenters. The molecule has 1 rings (SSSR count). The molecule has 1 aliphatic rings. The maximum atomic E-state index is 11.9. The highest BCUT2D eigenvalue weighted by atomic mass is 16.5. The number of nitrogens with zero attached hydrogens (tertiary/aromatic N) is 1. The second-order valence-electron chi connectivity index (χ2n) is 7.03. The van der Waals surface area contributed by atoms with Crippen molar-refractivity contribution >= 4 is 5.97 Å². The number of hydrogen-bond donors (Lipinski definition) is 0. The van der Waals surface area contributed by atoms with Crippen LogP contribution in [0.15, 0.2) is 0 Å². The first-order valence-electron chi connectivity index (χ1n) is 6.77. The van der Waals surface area contributed by atoms with Crippen molar-refractivity contribution in [1.29, 1.82) is 5.26 Å². The summed E-state index contributed by atoms with van der Waals surface area (Å²) in [6, 6.07) is 2.16. The normalized spacial score (nSPS) is 24.0. The Morgan fingerprint density at radius 3 is 2.22 bits per heavy atom. The summed E-state index contributed by atoms with van der Waals surface area (Å²) in [7, 11) is 0. The molecule has 0 radical (unpaired) electrons. The maximum absolute atomic E-state index is 11.9. The predicted octanol–water partition coefficient (Wildman–Crippen LogP) is 3.54. The molecule has 0 aromatic carbocycles. The summed E-state index contributed by atoms with van der Waals surface area (Å²) >= 11 is 0. The third-order valence-electron chi connectivity index (χ3n) is 3.74. The summed E-state index contributed by atoms with van der Waals surface area (Å²) in [5.74, 6) is -0.838. The van der Waals surface area contributed by atoms with E-state index >= 15 is 0 Å². The van der Waals surface area contributed by atoms with E-state index in [-0.39, 0.29) is 22.7 Å². The Kier molecular flexibility index (Phi) is 4.42. The summed E-state index contributed by atoms with van der Waals surface area (Å²) in [4.78, 5) is 11.9. The van der Waals surface area contributed by atoms with E-state index in [1.165, 1.54) is 0 Å². The van der Waals surface area contributed by atoms with Crippen molar-refractivity contribution in [3.63, 3.8) is 0 Å². The average molecular weight is 251 g/mol. The fraction of sp³-hybridized carbons (Fsp3) is 0.867. The van der Waals surface area contributed by atoms with Crippen LogP contribution in [0.3, 0.4) is 0 Å². The van der Waals surface area contributed by atoms with E-state index in [9.17, 15) is 10.1 Å². The van der Waals surface area contributed by atoms with Crippen LogP contribution in [0, 0.1) is 34.0 Å². The van der Waals surface area contributed by atoms with Crippen LogP contribution in [0.5, 0.6) is 0 Å². The van der Waals surface area contributed by atoms with E-state index in [0.29, 0.717) is 6.61 Å². The predicted molar refractivity (Wildman–Crippen MR) is 70.6 cm³/mol. The van der Waals surface area contributed by atoms with Gasteiger partial charge in [0.2, 0.25) is 0 Å².